The van der Waals surface area contributed by atoms with Gasteiger partial charge in [0.2, 0.25) is 0 Å². The van der Waals surface area contributed by atoms with Gasteiger partial charge in [-0.1, -0.05) is 0 Å². The molecule has 0 unspecified atom stereocenters. The smallest absolute Gasteiger partial charge is 0.354 e. The number of aromatic carboxylic acids is 1. The minimum atomic E-state index is -2.80. The molecule has 0 aliphatic rings. The standard InChI is InChI=1S/C8H6F2INO3/c1-15-5-3(6(9)10)2-4(8(13)14)12-7(5)11/h2,6H,1H3,(H,13,14). The Hall–Kier alpha value is -0.990. The molecule has 0 fully saturated rings. The van der Waals surface area contributed by atoms with Gasteiger partial charge in [0.15, 0.2) is 5.75 Å². The van der Waals surface area contributed by atoms with Crippen molar-refractivity contribution in [3.05, 3.63) is 21.0 Å². The summed E-state index contributed by atoms with van der Waals surface area (Å²) in [7, 11) is 1.23. The van der Waals surface area contributed by atoms with Crippen LogP contribution in [0, 0.1) is 3.70 Å². The largest absolute Gasteiger partial charge is 0.493 e. The fraction of sp³-hybridized carbons (Fsp3) is 0.250. The lowest BCUT2D eigenvalue weighted by atomic mass is 10.2. The number of hydrogen-bond acceptors (Lipinski definition) is 3. The number of rotatable bonds is 3. The second-order valence-electron chi connectivity index (χ2n) is 2.53. The van der Waals surface area contributed by atoms with E-state index in [4.69, 9.17) is 9.84 Å². The zero-order valence-electron chi connectivity index (χ0n) is 7.50. The quantitative estimate of drug-likeness (QED) is 0.683. The minimum absolute atomic E-state index is 0.0874. The summed E-state index contributed by atoms with van der Waals surface area (Å²) in [6.07, 6.45) is -2.80. The Balaban J connectivity index is 3.38. The first-order valence-electron chi connectivity index (χ1n) is 3.73. The van der Waals surface area contributed by atoms with Crippen LogP contribution in [-0.2, 0) is 0 Å². The zero-order chi connectivity index (χ0) is 11.6. The third-order valence-corrected chi connectivity index (χ3v) is 2.35. The summed E-state index contributed by atoms with van der Waals surface area (Å²) in [6.45, 7) is 0. The molecule has 0 bridgehead atoms. The first kappa shape index (κ1) is 12.1. The summed E-state index contributed by atoms with van der Waals surface area (Å²) in [5.74, 6) is -1.44. The Morgan fingerprint density at radius 3 is 2.67 bits per heavy atom. The molecule has 0 saturated heterocycles. The molecule has 82 valence electrons. The number of aromatic nitrogens is 1. The van der Waals surface area contributed by atoms with E-state index in [1.807, 2.05) is 0 Å². The van der Waals surface area contributed by atoms with E-state index in [0.29, 0.717) is 0 Å². The predicted molar refractivity (Wildman–Crippen MR) is 55.4 cm³/mol. The topological polar surface area (TPSA) is 59.4 Å². The highest BCUT2D eigenvalue weighted by atomic mass is 127. The van der Waals surface area contributed by atoms with Crippen molar-refractivity contribution in [2.24, 2.45) is 0 Å². The van der Waals surface area contributed by atoms with E-state index in [1.54, 1.807) is 22.6 Å². The van der Waals surface area contributed by atoms with Gasteiger partial charge in [-0.3, -0.25) is 0 Å². The highest BCUT2D eigenvalue weighted by molar-refractivity contribution is 14.1. The third kappa shape index (κ3) is 2.52. The van der Waals surface area contributed by atoms with E-state index in [1.165, 1.54) is 7.11 Å². The van der Waals surface area contributed by atoms with E-state index in [-0.39, 0.29) is 9.45 Å². The maximum absolute atomic E-state index is 12.5. The monoisotopic (exact) mass is 329 g/mol. The molecule has 0 radical (unpaired) electrons. The van der Waals surface area contributed by atoms with Crippen LogP contribution in [0.2, 0.25) is 0 Å². The van der Waals surface area contributed by atoms with Gasteiger partial charge < -0.3 is 9.84 Å². The number of alkyl halides is 2. The fourth-order valence-electron chi connectivity index (χ4n) is 0.994. The van der Waals surface area contributed by atoms with Crippen LogP contribution in [0.1, 0.15) is 22.5 Å². The average Bonchev–Trinajstić information content (AvgIpc) is 2.16. The van der Waals surface area contributed by atoms with E-state index in [9.17, 15) is 13.6 Å². The van der Waals surface area contributed by atoms with Crippen LogP contribution in [0.25, 0.3) is 0 Å². The highest BCUT2D eigenvalue weighted by Gasteiger charge is 2.21. The minimum Gasteiger partial charge on any atom is -0.493 e. The lowest BCUT2D eigenvalue weighted by Crippen LogP contribution is -2.06. The number of methoxy groups -OCH3 is 1. The fourth-order valence-corrected chi connectivity index (χ4v) is 1.79. The van der Waals surface area contributed by atoms with Crippen molar-refractivity contribution in [1.29, 1.82) is 0 Å². The average molecular weight is 329 g/mol. The third-order valence-electron chi connectivity index (χ3n) is 1.62. The molecular formula is C8H6F2INO3. The van der Waals surface area contributed by atoms with E-state index < -0.39 is 23.7 Å². The first-order chi connectivity index (χ1) is 6.97. The molecule has 0 atom stereocenters. The molecule has 1 aromatic heterocycles. The number of carboxylic acid groups (broad SMARTS) is 1. The summed E-state index contributed by atoms with van der Waals surface area (Å²) in [5, 5.41) is 8.63. The van der Waals surface area contributed by atoms with Gasteiger partial charge in [-0.25, -0.2) is 18.6 Å². The Kier molecular flexibility index (Phi) is 3.77. The highest BCUT2D eigenvalue weighted by Crippen LogP contribution is 2.32. The molecule has 0 saturated carbocycles. The maximum atomic E-state index is 12.5. The molecule has 4 nitrogen and oxygen atoms in total. The van der Waals surface area contributed by atoms with Crippen LogP contribution in [0.5, 0.6) is 5.75 Å². The second-order valence-corrected chi connectivity index (χ2v) is 3.55. The van der Waals surface area contributed by atoms with Crippen molar-refractivity contribution >= 4 is 28.6 Å². The second kappa shape index (κ2) is 4.69. The molecule has 0 aliphatic carbocycles. The Morgan fingerprint density at radius 2 is 2.27 bits per heavy atom. The molecule has 1 heterocycles. The SMILES string of the molecule is COc1c(C(F)F)cc(C(=O)O)nc1I. The lowest BCUT2D eigenvalue weighted by molar-refractivity contribution is 0.0689. The van der Waals surface area contributed by atoms with Crippen LogP contribution < -0.4 is 4.74 Å². The van der Waals surface area contributed by atoms with E-state index in [0.717, 1.165) is 6.07 Å². The van der Waals surface area contributed by atoms with Gasteiger partial charge in [0.05, 0.1) is 12.7 Å². The van der Waals surface area contributed by atoms with Gasteiger partial charge in [0.25, 0.3) is 6.43 Å². The Labute approximate surface area is 97.4 Å². The molecule has 0 aliphatic heterocycles. The van der Waals surface area contributed by atoms with Crippen molar-refractivity contribution < 1.29 is 23.4 Å². The summed E-state index contributed by atoms with van der Waals surface area (Å²) in [6, 6.07) is 0.813. The summed E-state index contributed by atoms with van der Waals surface area (Å²) in [4.78, 5) is 14.2. The molecule has 1 rings (SSSR count). The number of halogens is 3. The van der Waals surface area contributed by atoms with Gasteiger partial charge in [-0.05, 0) is 28.7 Å². The van der Waals surface area contributed by atoms with Crippen LogP contribution in [0.15, 0.2) is 6.07 Å². The number of ether oxygens (including phenoxy) is 1. The number of hydrogen-bond donors (Lipinski definition) is 1. The Bertz CT molecular complexity index is 398. The molecule has 15 heavy (non-hydrogen) atoms. The molecule has 0 amide bonds. The summed E-state index contributed by atoms with van der Waals surface area (Å²) >= 11 is 1.65. The Morgan fingerprint density at radius 1 is 1.67 bits per heavy atom. The number of pyridine rings is 1. The van der Waals surface area contributed by atoms with Gasteiger partial charge in [-0.15, -0.1) is 0 Å². The van der Waals surface area contributed by atoms with Crippen molar-refractivity contribution in [3.8, 4) is 5.75 Å². The molecule has 1 aromatic rings. The first-order valence-corrected chi connectivity index (χ1v) is 4.81. The van der Waals surface area contributed by atoms with Crippen LogP contribution >= 0.6 is 22.6 Å². The van der Waals surface area contributed by atoms with Gasteiger partial charge in [0.1, 0.15) is 9.39 Å². The molecular weight excluding hydrogens is 323 g/mol. The van der Waals surface area contributed by atoms with Crippen LogP contribution in [-0.4, -0.2) is 23.2 Å². The molecule has 7 heteroatoms. The van der Waals surface area contributed by atoms with Crippen LogP contribution in [0.3, 0.4) is 0 Å². The van der Waals surface area contributed by atoms with Crippen molar-refractivity contribution in [1.82, 2.24) is 4.98 Å². The van der Waals surface area contributed by atoms with E-state index >= 15 is 0 Å². The predicted octanol–water partition coefficient (Wildman–Crippen LogP) is 2.33. The number of nitrogens with zero attached hydrogens (tertiary/aromatic N) is 1. The summed E-state index contributed by atoms with van der Waals surface area (Å²) < 4.78 is 29.9. The molecule has 0 spiro atoms. The van der Waals surface area contributed by atoms with Crippen molar-refractivity contribution in [2.45, 2.75) is 6.43 Å². The molecule has 1 N–H and O–H groups in total. The van der Waals surface area contributed by atoms with Crippen molar-refractivity contribution in [2.75, 3.05) is 7.11 Å². The maximum Gasteiger partial charge on any atom is 0.354 e. The van der Waals surface area contributed by atoms with Gasteiger partial charge in [-0.2, -0.15) is 0 Å². The lowest BCUT2D eigenvalue weighted by Gasteiger charge is -2.09. The zero-order valence-corrected chi connectivity index (χ0v) is 9.66. The van der Waals surface area contributed by atoms with E-state index in [2.05, 4.69) is 4.98 Å². The normalized spacial score (nSPS) is 10.5. The summed E-state index contributed by atoms with van der Waals surface area (Å²) in [5.41, 5.74) is -0.884. The van der Waals surface area contributed by atoms with Crippen LogP contribution in [0.4, 0.5) is 8.78 Å². The van der Waals surface area contributed by atoms with Gasteiger partial charge >= 0.3 is 5.97 Å². The molecule has 0 aromatic carbocycles. The van der Waals surface area contributed by atoms with Crippen molar-refractivity contribution in [3.63, 3.8) is 0 Å². The van der Waals surface area contributed by atoms with Gasteiger partial charge in [0, 0.05) is 0 Å². The number of carboxylic acids is 1. The number of carbonyl (C=O) groups is 1.